The van der Waals surface area contributed by atoms with Gasteiger partial charge in [0.05, 0.1) is 0 Å². The fraction of sp³-hybridized carbons (Fsp3) is 0.486. The fourth-order valence-corrected chi connectivity index (χ4v) is 6.22. The Morgan fingerprint density at radius 2 is 1.37 bits per heavy atom. The number of piperidine rings is 1. The van der Waals surface area contributed by atoms with Crippen LogP contribution in [0.4, 0.5) is 5.69 Å². The number of hydrogen-bond donors (Lipinski definition) is 0. The lowest BCUT2D eigenvalue weighted by Crippen LogP contribution is -2.39. The van der Waals surface area contributed by atoms with E-state index < -0.39 is 0 Å². The van der Waals surface area contributed by atoms with Gasteiger partial charge in [0.25, 0.3) is 0 Å². The van der Waals surface area contributed by atoms with Crippen LogP contribution < -0.4 is 4.90 Å². The van der Waals surface area contributed by atoms with Crippen LogP contribution >= 0.6 is 0 Å². The number of fused-ring (bicyclic) bond motifs is 1. The summed E-state index contributed by atoms with van der Waals surface area (Å²) in [7, 11) is 3.49. The first kappa shape index (κ1) is 29.9. The van der Waals surface area contributed by atoms with E-state index in [9.17, 15) is 0 Å². The first-order valence-electron chi connectivity index (χ1n) is 14.7. The zero-order valence-corrected chi connectivity index (χ0v) is 24.7. The van der Waals surface area contributed by atoms with Gasteiger partial charge in [-0.2, -0.15) is 0 Å². The van der Waals surface area contributed by atoms with Crippen molar-refractivity contribution in [1.29, 1.82) is 0 Å². The summed E-state index contributed by atoms with van der Waals surface area (Å²) in [5, 5.41) is 0. The van der Waals surface area contributed by atoms with Crippen molar-refractivity contribution in [2.45, 2.75) is 78.4 Å². The third-order valence-electron chi connectivity index (χ3n) is 7.99. The molecule has 3 aromatic rings. The van der Waals surface area contributed by atoms with Crippen LogP contribution in [0.5, 0.6) is 0 Å². The average Bonchev–Trinajstić information content (AvgIpc) is 3.00. The maximum Gasteiger partial charge on any atom is 0.159 e. The Bertz CT molecular complexity index is 1070. The van der Waals surface area contributed by atoms with Crippen molar-refractivity contribution in [1.82, 2.24) is 0 Å². The minimum atomic E-state index is -0.0885. The highest BCUT2D eigenvalue weighted by Crippen LogP contribution is 2.46. The predicted molar refractivity (Wildman–Crippen MR) is 162 cm³/mol. The average molecular weight is 516 g/mol. The van der Waals surface area contributed by atoms with Crippen LogP contribution in [-0.2, 0) is 15.9 Å². The molecule has 3 aromatic carbocycles. The lowest BCUT2D eigenvalue weighted by molar-refractivity contribution is -0.141. The Hall–Kier alpha value is -2.62. The van der Waals surface area contributed by atoms with Crippen LogP contribution in [0.2, 0.25) is 0 Å². The second-order valence-electron chi connectivity index (χ2n) is 9.99. The standard InChI is InChI=1S/C31H37NO2.2C2H6/c1-22-9-15-29-26(21-22)12-16-28(23-7-5-4-6-8-23)30(29)24-10-13-27(14-11-24)32-19-17-25(18-20-32)31(33-2)34-3;2*1-2/h4-11,13-15,21,25,28,30-31H,12,16-20H2,1-3H3;2*1-2H3/t28-,30?;;/m1../s1. The summed E-state index contributed by atoms with van der Waals surface area (Å²) in [4.78, 5) is 2.51. The summed E-state index contributed by atoms with van der Waals surface area (Å²) in [5.41, 5.74) is 8.59. The number of rotatable bonds is 6. The van der Waals surface area contributed by atoms with E-state index >= 15 is 0 Å². The molecule has 0 bridgehead atoms. The Morgan fingerprint density at radius 1 is 0.737 bits per heavy atom. The van der Waals surface area contributed by atoms with Crippen LogP contribution in [0.15, 0.2) is 72.8 Å². The number of methoxy groups -OCH3 is 2. The van der Waals surface area contributed by atoms with Crippen molar-refractivity contribution < 1.29 is 9.47 Å². The first-order valence-corrected chi connectivity index (χ1v) is 14.7. The summed E-state index contributed by atoms with van der Waals surface area (Å²) in [6, 6.07) is 27.6. The van der Waals surface area contributed by atoms with Gasteiger partial charge in [-0.25, -0.2) is 0 Å². The lowest BCUT2D eigenvalue weighted by atomic mass is 9.69. The molecular weight excluding hydrogens is 466 g/mol. The third-order valence-corrected chi connectivity index (χ3v) is 7.99. The zero-order valence-electron chi connectivity index (χ0n) is 24.7. The van der Waals surface area contributed by atoms with E-state index in [1.807, 2.05) is 27.7 Å². The minimum Gasteiger partial charge on any atom is -0.372 e. The molecule has 1 aliphatic heterocycles. The lowest BCUT2D eigenvalue weighted by Gasteiger charge is -2.37. The topological polar surface area (TPSA) is 21.7 Å². The number of nitrogens with zero attached hydrogens (tertiary/aromatic N) is 1. The predicted octanol–water partition coefficient (Wildman–Crippen LogP) is 8.74. The maximum absolute atomic E-state index is 5.50. The number of anilines is 1. The summed E-state index contributed by atoms with van der Waals surface area (Å²) in [6.45, 7) is 12.3. The van der Waals surface area contributed by atoms with Crippen molar-refractivity contribution >= 4 is 5.69 Å². The molecule has 0 radical (unpaired) electrons. The highest BCUT2D eigenvalue weighted by atomic mass is 16.7. The van der Waals surface area contributed by atoms with Crippen LogP contribution in [0.3, 0.4) is 0 Å². The van der Waals surface area contributed by atoms with Crippen LogP contribution in [-0.4, -0.2) is 33.6 Å². The van der Waals surface area contributed by atoms with Crippen molar-refractivity contribution in [2.24, 2.45) is 5.92 Å². The van der Waals surface area contributed by atoms with Gasteiger partial charge < -0.3 is 14.4 Å². The largest absolute Gasteiger partial charge is 0.372 e. The molecule has 206 valence electrons. The van der Waals surface area contributed by atoms with Gasteiger partial charge in [-0.15, -0.1) is 0 Å². The molecule has 3 nitrogen and oxygen atoms in total. The van der Waals surface area contributed by atoms with Gasteiger partial charge >= 0.3 is 0 Å². The van der Waals surface area contributed by atoms with Crippen LogP contribution in [0.1, 0.15) is 86.6 Å². The molecule has 1 heterocycles. The number of hydrogen-bond acceptors (Lipinski definition) is 3. The molecule has 0 saturated carbocycles. The van der Waals surface area contributed by atoms with Crippen molar-refractivity contribution in [3.63, 3.8) is 0 Å². The Balaban J connectivity index is 0.000000956. The SMILES string of the molecule is CC.CC.COC(OC)C1CCN(c2ccc(C3c4ccc(C)cc4CC[C@@H]3c3ccccc3)cc2)CC1. The molecule has 38 heavy (non-hydrogen) atoms. The van der Waals surface area contributed by atoms with Gasteiger partial charge in [-0.3, -0.25) is 0 Å². The van der Waals surface area contributed by atoms with Crippen LogP contribution in [0.25, 0.3) is 0 Å². The van der Waals surface area contributed by atoms with E-state index in [1.54, 1.807) is 14.2 Å². The minimum absolute atomic E-state index is 0.0885. The quantitative estimate of drug-likeness (QED) is 0.306. The van der Waals surface area contributed by atoms with Gasteiger partial charge in [0.15, 0.2) is 6.29 Å². The summed E-state index contributed by atoms with van der Waals surface area (Å²) < 4.78 is 11.0. The smallest absolute Gasteiger partial charge is 0.159 e. The molecule has 0 amide bonds. The summed E-state index contributed by atoms with van der Waals surface area (Å²) in [5.74, 6) is 1.38. The summed E-state index contributed by atoms with van der Waals surface area (Å²) in [6.07, 6.45) is 4.46. The number of aryl methyl sites for hydroxylation is 2. The molecule has 2 aliphatic rings. The first-order chi connectivity index (χ1) is 18.7. The molecule has 0 aromatic heterocycles. The van der Waals surface area contributed by atoms with E-state index in [0.29, 0.717) is 17.8 Å². The second kappa shape index (κ2) is 15.1. The van der Waals surface area contributed by atoms with Gasteiger partial charge in [0.1, 0.15) is 0 Å². The third kappa shape index (κ3) is 6.87. The van der Waals surface area contributed by atoms with Crippen molar-refractivity contribution in [2.75, 3.05) is 32.2 Å². The molecule has 5 rings (SSSR count). The Morgan fingerprint density at radius 3 is 1.97 bits per heavy atom. The van der Waals surface area contributed by atoms with Gasteiger partial charge in [0, 0.05) is 44.8 Å². The van der Waals surface area contributed by atoms with Gasteiger partial charge in [-0.05, 0) is 72.9 Å². The second-order valence-corrected chi connectivity index (χ2v) is 9.99. The summed E-state index contributed by atoms with van der Waals surface area (Å²) >= 11 is 0. The fourth-order valence-electron chi connectivity index (χ4n) is 6.22. The highest BCUT2D eigenvalue weighted by molar-refractivity contribution is 5.52. The molecule has 2 atom stereocenters. The number of benzene rings is 3. The molecule has 1 aliphatic carbocycles. The molecule has 0 N–H and O–H groups in total. The monoisotopic (exact) mass is 515 g/mol. The molecule has 3 heteroatoms. The van der Waals surface area contributed by atoms with Crippen molar-refractivity contribution in [3.05, 3.63) is 101 Å². The zero-order chi connectivity index (χ0) is 27.5. The van der Waals surface area contributed by atoms with E-state index in [2.05, 4.69) is 84.6 Å². The Labute approximate surface area is 232 Å². The van der Waals surface area contributed by atoms with E-state index in [1.165, 1.54) is 39.9 Å². The molecule has 1 fully saturated rings. The van der Waals surface area contributed by atoms with E-state index in [-0.39, 0.29) is 6.29 Å². The van der Waals surface area contributed by atoms with Crippen molar-refractivity contribution in [3.8, 4) is 0 Å². The molecule has 1 saturated heterocycles. The highest BCUT2D eigenvalue weighted by Gasteiger charge is 2.32. The number of ether oxygens (including phenoxy) is 2. The van der Waals surface area contributed by atoms with E-state index in [4.69, 9.17) is 9.47 Å². The molecular formula is C35H49NO2. The van der Waals surface area contributed by atoms with E-state index in [0.717, 1.165) is 32.4 Å². The van der Waals surface area contributed by atoms with Crippen LogP contribution in [0, 0.1) is 12.8 Å². The maximum atomic E-state index is 5.50. The molecule has 0 spiro atoms. The molecule has 1 unspecified atom stereocenters. The van der Waals surface area contributed by atoms with Gasteiger partial charge in [-0.1, -0.05) is 93.9 Å². The normalized spacial score (nSPS) is 19.1. The Kier molecular flexibility index (Phi) is 11.9. The van der Waals surface area contributed by atoms with Gasteiger partial charge in [0.2, 0.25) is 0 Å².